The zero-order chi connectivity index (χ0) is 12.5. The summed E-state index contributed by atoms with van der Waals surface area (Å²) in [5, 5.41) is 0. The summed E-state index contributed by atoms with van der Waals surface area (Å²) in [7, 11) is 0.950. The number of anilines is 2. The number of nitrogen functional groups attached to an aromatic ring is 1. The van der Waals surface area contributed by atoms with Gasteiger partial charge in [0, 0.05) is 12.7 Å². The fraction of sp³-hybridized carbons (Fsp3) is 0.333. The number of hydrogen-bond acceptors (Lipinski definition) is 2. The van der Waals surface area contributed by atoms with Crippen molar-refractivity contribution in [2.24, 2.45) is 0 Å². The van der Waals surface area contributed by atoms with Gasteiger partial charge in [0.25, 0.3) is 0 Å². The van der Waals surface area contributed by atoms with Crippen molar-refractivity contribution in [1.29, 1.82) is 0 Å². The normalized spacial score (nSPS) is 11.6. The topological polar surface area (TPSA) is 29.3 Å². The van der Waals surface area contributed by atoms with Gasteiger partial charge in [-0.15, -0.1) is 0 Å². The lowest BCUT2D eigenvalue weighted by molar-refractivity contribution is -0.119. The molecule has 0 heterocycles. The Kier molecular flexibility index (Phi) is 3.25. The molecule has 0 unspecified atom stereocenters. The highest BCUT2D eigenvalue weighted by atomic mass is 19.4. The van der Waals surface area contributed by atoms with Crippen molar-refractivity contribution in [3.63, 3.8) is 0 Å². The molecule has 0 aliphatic heterocycles. The first-order valence-corrected chi connectivity index (χ1v) is 4.23. The Morgan fingerprint density at radius 1 is 1.19 bits per heavy atom. The summed E-state index contributed by atoms with van der Waals surface area (Å²) in [6, 6.07) is 1.54. The van der Waals surface area contributed by atoms with Gasteiger partial charge in [-0.05, 0) is 12.1 Å². The number of rotatable bonds is 2. The highest BCUT2D eigenvalue weighted by Gasteiger charge is 2.31. The molecule has 1 rings (SSSR count). The average Bonchev–Trinajstić information content (AvgIpc) is 1.96. The molecule has 1 aromatic rings. The number of hydrogen-bond donors (Lipinski definition) is 1. The fourth-order valence-corrected chi connectivity index (χ4v) is 1.30. The van der Waals surface area contributed by atoms with Crippen molar-refractivity contribution in [3.05, 3.63) is 23.8 Å². The van der Waals surface area contributed by atoms with E-state index >= 15 is 0 Å². The van der Waals surface area contributed by atoms with Crippen molar-refractivity contribution < 1.29 is 22.0 Å². The van der Waals surface area contributed by atoms with Gasteiger partial charge in [0.05, 0.1) is 0 Å². The van der Waals surface area contributed by atoms with Gasteiger partial charge in [0.1, 0.15) is 12.2 Å². The highest BCUT2D eigenvalue weighted by Crippen LogP contribution is 2.27. The molecular weight excluding hydrogens is 231 g/mol. The smallest absolute Gasteiger partial charge is 0.399 e. The molecule has 0 radical (unpaired) electrons. The zero-order valence-corrected chi connectivity index (χ0v) is 8.28. The van der Waals surface area contributed by atoms with Crippen LogP contribution in [0.1, 0.15) is 0 Å². The molecule has 90 valence electrons. The van der Waals surface area contributed by atoms with E-state index in [0.717, 1.165) is 19.2 Å². The van der Waals surface area contributed by atoms with Crippen LogP contribution in [0, 0.1) is 11.6 Å². The van der Waals surface area contributed by atoms with Crippen LogP contribution in [0.15, 0.2) is 12.1 Å². The van der Waals surface area contributed by atoms with Gasteiger partial charge in [-0.3, -0.25) is 0 Å². The van der Waals surface area contributed by atoms with Crippen molar-refractivity contribution >= 4 is 11.4 Å². The van der Waals surface area contributed by atoms with Gasteiger partial charge in [-0.25, -0.2) is 8.78 Å². The molecule has 0 fully saturated rings. The Morgan fingerprint density at radius 2 is 1.62 bits per heavy atom. The molecule has 0 bridgehead atoms. The summed E-state index contributed by atoms with van der Waals surface area (Å²) in [5.41, 5.74) is 4.21. The maximum atomic E-state index is 13.2. The molecule has 0 saturated carbocycles. The Balaban J connectivity index is 3.04. The first-order valence-electron chi connectivity index (χ1n) is 4.23. The van der Waals surface area contributed by atoms with Crippen molar-refractivity contribution in [2.75, 3.05) is 24.2 Å². The maximum Gasteiger partial charge on any atom is 0.405 e. The Labute approximate surface area is 88.5 Å². The van der Waals surface area contributed by atoms with E-state index in [-0.39, 0.29) is 5.69 Å². The summed E-state index contributed by atoms with van der Waals surface area (Å²) in [4.78, 5) is 0.449. The number of nitrogens with zero attached hydrogens (tertiary/aromatic N) is 1. The minimum atomic E-state index is -4.53. The molecule has 0 aliphatic carbocycles. The van der Waals surface area contributed by atoms with Crippen LogP contribution in [0.25, 0.3) is 0 Å². The van der Waals surface area contributed by atoms with Gasteiger partial charge in [0.15, 0.2) is 11.6 Å². The second-order valence-corrected chi connectivity index (χ2v) is 3.30. The van der Waals surface area contributed by atoms with E-state index in [4.69, 9.17) is 5.73 Å². The average molecular weight is 240 g/mol. The number of nitrogens with two attached hydrogens (primary N) is 1. The van der Waals surface area contributed by atoms with Crippen molar-refractivity contribution in [2.45, 2.75) is 6.18 Å². The van der Waals surface area contributed by atoms with E-state index < -0.39 is 30.0 Å². The molecule has 0 spiro atoms. The second kappa shape index (κ2) is 4.15. The van der Waals surface area contributed by atoms with E-state index in [1.54, 1.807) is 0 Å². The van der Waals surface area contributed by atoms with Gasteiger partial charge >= 0.3 is 6.18 Å². The van der Waals surface area contributed by atoms with Gasteiger partial charge in [-0.2, -0.15) is 13.2 Å². The maximum absolute atomic E-state index is 13.2. The van der Waals surface area contributed by atoms with Gasteiger partial charge in [0.2, 0.25) is 0 Å². The molecule has 0 atom stereocenters. The molecule has 0 aliphatic rings. The van der Waals surface area contributed by atoms with Crippen LogP contribution >= 0.6 is 0 Å². The number of alkyl halides is 3. The summed E-state index contributed by atoms with van der Waals surface area (Å²) >= 11 is 0. The lowest BCUT2D eigenvalue weighted by Gasteiger charge is -2.22. The van der Waals surface area contributed by atoms with E-state index in [1.807, 2.05) is 0 Å². The quantitative estimate of drug-likeness (QED) is 0.635. The third-order valence-electron chi connectivity index (χ3n) is 1.84. The predicted octanol–water partition coefficient (Wildman–Crippen LogP) is 2.55. The van der Waals surface area contributed by atoms with Gasteiger partial charge in [-0.1, -0.05) is 0 Å². The molecule has 1 aromatic carbocycles. The van der Waals surface area contributed by atoms with Gasteiger partial charge < -0.3 is 10.6 Å². The Hall–Kier alpha value is -1.53. The minimum Gasteiger partial charge on any atom is -0.399 e. The third-order valence-corrected chi connectivity index (χ3v) is 1.84. The van der Waals surface area contributed by atoms with Crippen molar-refractivity contribution in [1.82, 2.24) is 0 Å². The van der Waals surface area contributed by atoms with Crippen LogP contribution in [0.4, 0.5) is 33.3 Å². The molecular formula is C9H9F5N2. The predicted molar refractivity (Wildman–Crippen MR) is 50.1 cm³/mol. The monoisotopic (exact) mass is 240 g/mol. The Bertz CT molecular complexity index is 365. The summed E-state index contributed by atoms with van der Waals surface area (Å²) < 4.78 is 62.5. The second-order valence-electron chi connectivity index (χ2n) is 3.30. The molecule has 2 N–H and O–H groups in total. The number of benzene rings is 1. The van der Waals surface area contributed by atoms with Crippen molar-refractivity contribution in [3.8, 4) is 0 Å². The molecule has 0 amide bonds. The summed E-state index contributed by atoms with van der Waals surface area (Å²) in [6.07, 6.45) is -4.53. The molecule has 16 heavy (non-hydrogen) atoms. The van der Waals surface area contributed by atoms with E-state index in [1.165, 1.54) is 0 Å². The van der Waals surface area contributed by atoms with Crippen LogP contribution < -0.4 is 10.6 Å². The number of halogens is 5. The van der Waals surface area contributed by atoms with Crippen LogP contribution in [0.5, 0.6) is 0 Å². The van der Waals surface area contributed by atoms with Crippen LogP contribution in [0.2, 0.25) is 0 Å². The van der Waals surface area contributed by atoms with E-state index in [2.05, 4.69) is 0 Å². The first-order chi connectivity index (χ1) is 7.20. The Morgan fingerprint density at radius 3 is 2.00 bits per heavy atom. The minimum absolute atomic E-state index is 0.181. The zero-order valence-electron chi connectivity index (χ0n) is 8.28. The van der Waals surface area contributed by atoms with E-state index in [9.17, 15) is 22.0 Å². The van der Waals surface area contributed by atoms with Crippen LogP contribution in [-0.4, -0.2) is 19.8 Å². The SMILES string of the molecule is CN(CC(F)(F)F)c1c(F)cc(N)cc1F. The van der Waals surface area contributed by atoms with E-state index in [0.29, 0.717) is 4.90 Å². The lowest BCUT2D eigenvalue weighted by atomic mass is 10.2. The standard InChI is InChI=1S/C9H9F5N2/c1-16(4-9(12,13)14)8-6(10)2-5(15)3-7(8)11/h2-3H,4,15H2,1H3. The summed E-state index contributed by atoms with van der Waals surface area (Å²) in [5.74, 6) is -2.24. The fourth-order valence-electron chi connectivity index (χ4n) is 1.30. The first kappa shape index (κ1) is 12.5. The highest BCUT2D eigenvalue weighted by molar-refractivity contribution is 5.55. The molecule has 0 aromatic heterocycles. The summed E-state index contributed by atoms with van der Waals surface area (Å²) in [6.45, 7) is -1.44. The lowest BCUT2D eigenvalue weighted by Crippen LogP contribution is -2.32. The molecule has 2 nitrogen and oxygen atoms in total. The molecule has 7 heteroatoms. The largest absolute Gasteiger partial charge is 0.405 e. The molecule has 0 saturated heterocycles. The van der Waals surface area contributed by atoms with Crippen LogP contribution in [-0.2, 0) is 0 Å². The third kappa shape index (κ3) is 2.98. The van der Waals surface area contributed by atoms with Crippen LogP contribution in [0.3, 0.4) is 0 Å².